The van der Waals surface area contributed by atoms with Gasteiger partial charge < -0.3 is 5.11 Å². The zero-order valence-corrected chi connectivity index (χ0v) is 12.0. The first-order valence-corrected chi connectivity index (χ1v) is 7.76. The van der Waals surface area contributed by atoms with Crippen LogP contribution < -0.4 is 0 Å². The summed E-state index contributed by atoms with van der Waals surface area (Å²) in [4.78, 5) is 11.0. The van der Waals surface area contributed by atoms with E-state index in [1.165, 1.54) is 43.3 Å². The van der Waals surface area contributed by atoms with E-state index < -0.39 is 21.6 Å². The van der Waals surface area contributed by atoms with Gasteiger partial charge in [0.15, 0.2) is 9.84 Å². The van der Waals surface area contributed by atoms with Gasteiger partial charge in [0.25, 0.3) is 0 Å². The van der Waals surface area contributed by atoms with Crippen molar-refractivity contribution in [2.45, 2.75) is 17.6 Å². The smallest absolute Gasteiger partial charge is 0.335 e. The number of hydrogen-bond acceptors (Lipinski definition) is 3. The minimum Gasteiger partial charge on any atom is -0.478 e. The first-order valence-electron chi connectivity index (χ1n) is 6.11. The molecule has 110 valence electrons. The molecule has 0 radical (unpaired) electrons. The number of hydrogen-bond donors (Lipinski definition) is 1. The number of aromatic carboxylic acids is 1. The van der Waals surface area contributed by atoms with Gasteiger partial charge in [-0.05, 0) is 42.3 Å². The standard InChI is InChI=1S/C15H13FO4S/c1-10-13(15(17)18)6-3-7-14(10)21(19,20)9-11-4-2-5-12(16)8-11/h2-8H,9H2,1H3,(H,17,18). The average Bonchev–Trinajstić information content (AvgIpc) is 2.37. The molecule has 6 heteroatoms. The van der Waals surface area contributed by atoms with Crippen LogP contribution in [0.1, 0.15) is 21.5 Å². The van der Waals surface area contributed by atoms with Gasteiger partial charge in [0.2, 0.25) is 0 Å². The van der Waals surface area contributed by atoms with Gasteiger partial charge in [-0.3, -0.25) is 0 Å². The number of carbonyl (C=O) groups is 1. The highest BCUT2D eigenvalue weighted by atomic mass is 32.2. The van der Waals surface area contributed by atoms with Crippen LogP contribution in [0.4, 0.5) is 4.39 Å². The fourth-order valence-electron chi connectivity index (χ4n) is 2.11. The summed E-state index contributed by atoms with van der Waals surface area (Å²) in [7, 11) is -3.75. The molecule has 0 aromatic heterocycles. The maximum absolute atomic E-state index is 13.1. The zero-order chi connectivity index (χ0) is 15.6. The molecule has 0 aliphatic rings. The Morgan fingerprint density at radius 2 is 1.86 bits per heavy atom. The van der Waals surface area contributed by atoms with Crippen LogP contribution in [0.2, 0.25) is 0 Å². The number of rotatable bonds is 4. The van der Waals surface area contributed by atoms with Crippen molar-refractivity contribution in [1.29, 1.82) is 0 Å². The lowest BCUT2D eigenvalue weighted by molar-refractivity contribution is 0.0696. The van der Waals surface area contributed by atoms with Gasteiger partial charge in [-0.1, -0.05) is 18.2 Å². The highest BCUT2D eigenvalue weighted by Gasteiger charge is 2.21. The van der Waals surface area contributed by atoms with Gasteiger partial charge in [0.05, 0.1) is 16.2 Å². The summed E-state index contributed by atoms with van der Waals surface area (Å²) in [6, 6.07) is 9.41. The molecule has 4 nitrogen and oxygen atoms in total. The summed E-state index contributed by atoms with van der Waals surface area (Å²) in [5, 5.41) is 9.04. The molecule has 0 aliphatic heterocycles. The molecule has 0 spiro atoms. The Labute approximate surface area is 121 Å². The van der Waals surface area contributed by atoms with Gasteiger partial charge in [-0.15, -0.1) is 0 Å². The Hall–Kier alpha value is -2.21. The lowest BCUT2D eigenvalue weighted by Gasteiger charge is -2.10. The predicted molar refractivity (Wildman–Crippen MR) is 75.4 cm³/mol. The Kier molecular flexibility index (Phi) is 4.09. The SMILES string of the molecule is Cc1c(C(=O)O)cccc1S(=O)(=O)Cc1cccc(F)c1. The summed E-state index contributed by atoms with van der Waals surface area (Å²) in [5.74, 6) is -2.08. The van der Waals surface area contributed by atoms with Gasteiger partial charge in [-0.25, -0.2) is 17.6 Å². The lowest BCUT2D eigenvalue weighted by atomic mass is 10.1. The maximum Gasteiger partial charge on any atom is 0.335 e. The van der Waals surface area contributed by atoms with E-state index in [4.69, 9.17) is 5.11 Å². The number of carboxylic acid groups (broad SMARTS) is 1. The Balaban J connectivity index is 2.45. The van der Waals surface area contributed by atoms with Crippen LogP contribution in [0, 0.1) is 12.7 Å². The van der Waals surface area contributed by atoms with Crippen LogP contribution in [0.3, 0.4) is 0 Å². The van der Waals surface area contributed by atoms with Gasteiger partial charge >= 0.3 is 5.97 Å². The molecule has 0 unspecified atom stereocenters. The zero-order valence-electron chi connectivity index (χ0n) is 11.2. The summed E-state index contributed by atoms with van der Waals surface area (Å²) >= 11 is 0. The van der Waals surface area contributed by atoms with Crippen molar-refractivity contribution in [3.63, 3.8) is 0 Å². The summed E-state index contributed by atoms with van der Waals surface area (Å²) < 4.78 is 37.9. The van der Waals surface area contributed by atoms with E-state index in [0.29, 0.717) is 5.56 Å². The first kappa shape index (κ1) is 15.2. The van der Waals surface area contributed by atoms with E-state index in [1.54, 1.807) is 0 Å². The highest BCUT2D eigenvalue weighted by molar-refractivity contribution is 7.90. The number of sulfone groups is 1. The molecular formula is C15H13FO4S. The van der Waals surface area contributed by atoms with Crippen LogP contribution in [-0.2, 0) is 15.6 Å². The molecule has 0 aliphatic carbocycles. The summed E-state index contributed by atoms with van der Waals surface area (Å²) in [6.45, 7) is 1.45. The molecule has 1 N–H and O–H groups in total. The van der Waals surface area contributed by atoms with E-state index in [2.05, 4.69) is 0 Å². The number of benzene rings is 2. The van der Waals surface area contributed by atoms with Crippen LogP contribution in [0.15, 0.2) is 47.4 Å². The maximum atomic E-state index is 13.1. The Morgan fingerprint density at radius 3 is 2.48 bits per heavy atom. The molecule has 0 atom stereocenters. The van der Waals surface area contributed by atoms with Crippen molar-refractivity contribution < 1.29 is 22.7 Å². The third-order valence-electron chi connectivity index (χ3n) is 3.10. The second kappa shape index (κ2) is 5.65. The van der Waals surface area contributed by atoms with Gasteiger partial charge in [-0.2, -0.15) is 0 Å². The molecule has 0 fully saturated rings. The second-order valence-electron chi connectivity index (χ2n) is 4.62. The molecule has 0 amide bonds. The molecule has 2 aromatic rings. The second-order valence-corrected chi connectivity index (χ2v) is 6.58. The molecule has 0 saturated carbocycles. The molecule has 21 heavy (non-hydrogen) atoms. The first-order chi connectivity index (χ1) is 9.81. The predicted octanol–water partition coefficient (Wildman–Crippen LogP) is 2.81. The minimum atomic E-state index is -3.75. The van der Waals surface area contributed by atoms with Crippen molar-refractivity contribution in [3.8, 4) is 0 Å². The third kappa shape index (κ3) is 3.28. The van der Waals surface area contributed by atoms with E-state index in [9.17, 15) is 17.6 Å². The lowest BCUT2D eigenvalue weighted by Crippen LogP contribution is -2.10. The quantitative estimate of drug-likeness (QED) is 0.942. The van der Waals surface area contributed by atoms with Gasteiger partial charge in [0.1, 0.15) is 5.82 Å². The highest BCUT2D eigenvalue weighted by Crippen LogP contribution is 2.23. The summed E-state index contributed by atoms with van der Waals surface area (Å²) in [6.07, 6.45) is 0. The van der Waals surface area contributed by atoms with Crippen LogP contribution in [0.25, 0.3) is 0 Å². The van der Waals surface area contributed by atoms with E-state index in [1.807, 2.05) is 0 Å². The van der Waals surface area contributed by atoms with Gasteiger partial charge in [0, 0.05) is 0 Å². The monoisotopic (exact) mass is 308 g/mol. The Morgan fingerprint density at radius 1 is 1.19 bits per heavy atom. The van der Waals surface area contributed by atoms with E-state index in [0.717, 1.165) is 6.07 Å². The topological polar surface area (TPSA) is 71.4 Å². The fraction of sp³-hybridized carbons (Fsp3) is 0.133. The van der Waals surface area contributed by atoms with E-state index >= 15 is 0 Å². The number of halogens is 1. The van der Waals surface area contributed by atoms with Crippen LogP contribution in [-0.4, -0.2) is 19.5 Å². The molecule has 2 aromatic carbocycles. The molecular weight excluding hydrogens is 295 g/mol. The molecule has 0 heterocycles. The largest absolute Gasteiger partial charge is 0.478 e. The van der Waals surface area contributed by atoms with Crippen LogP contribution >= 0.6 is 0 Å². The fourth-order valence-corrected chi connectivity index (χ4v) is 3.74. The molecule has 0 bridgehead atoms. The minimum absolute atomic E-state index is 0.0494. The van der Waals surface area contributed by atoms with Crippen LogP contribution in [0.5, 0.6) is 0 Å². The van der Waals surface area contributed by atoms with Crippen molar-refractivity contribution >= 4 is 15.8 Å². The third-order valence-corrected chi connectivity index (χ3v) is 4.92. The van der Waals surface area contributed by atoms with Crippen molar-refractivity contribution in [2.75, 3.05) is 0 Å². The van der Waals surface area contributed by atoms with Crippen molar-refractivity contribution in [1.82, 2.24) is 0 Å². The normalized spacial score (nSPS) is 11.3. The summed E-state index contributed by atoms with van der Waals surface area (Å²) in [5.41, 5.74) is 0.437. The van der Waals surface area contributed by atoms with Crippen molar-refractivity contribution in [3.05, 3.63) is 65.0 Å². The number of carboxylic acids is 1. The van der Waals surface area contributed by atoms with E-state index in [-0.39, 0.29) is 21.8 Å². The molecule has 2 rings (SSSR count). The molecule has 0 saturated heterocycles. The van der Waals surface area contributed by atoms with Crippen molar-refractivity contribution in [2.24, 2.45) is 0 Å². The average molecular weight is 308 g/mol. The Bertz CT molecular complexity index is 797.